The van der Waals surface area contributed by atoms with Crippen molar-refractivity contribution in [1.82, 2.24) is 9.97 Å². The Morgan fingerprint density at radius 2 is 1.76 bits per heavy atom. The fourth-order valence-corrected chi connectivity index (χ4v) is 4.47. The average Bonchev–Trinajstić information content (AvgIpc) is 2.95. The van der Waals surface area contributed by atoms with Crippen molar-refractivity contribution in [1.29, 1.82) is 0 Å². The molecule has 2 N–H and O–H groups in total. The lowest BCUT2D eigenvalue weighted by Gasteiger charge is -2.12. The molecule has 192 valence electrons. The molecule has 0 aliphatic carbocycles. The van der Waals surface area contributed by atoms with Gasteiger partial charge < -0.3 is 24.5 Å². The third-order valence-electron chi connectivity index (χ3n) is 5.54. The maximum absolute atomic E-state index is 12.9. The van der Waals surface area contributed by atoms with E-state index in [1.807, 2.05) is 18.2 Å². The van der Waals surface area contributed by atoms with Crippen LogP contribution >= 0.6 is 11.8 Å². The van der Waals surface area contributed by atoms with Crippen LogP contribution in [0.2, 0.25) is 0 Å². The number of H-pyrrole nitrogens is 1. The van der Waals surface area contributed by atoms with Crippen molar-refractivity contribution < 1.29 is 19.0 Å². The molecule has 3 aromatic carbocycles. The minimum Gasteiger partial charge on any atom is -0.497 e. The monoisotopic (exact) mass is 528 g/mol. The van der Waals surface area contributed by atoms with Crippen molar-refractivity contribution >= 4 is 29.0 Å². The summed E-state index contributed by atoms with van der Waals surface area (Å²) in [6, 6.07) is 19.4. The molecule has 0 bridgehead atoms. The molecule has 1 aromatic heterocycles. The van der Waals surface area contributed by atoms with E-state index in [2.05, 4.69) is 20.1 Å². The fourth-order valence-electron chi connectivity index (χ4n) is 3.67. The van der Waals surface area contributed by atoms with Gasteiger partial charge >= 0.3 is 0 Å². The molecule has 0 saturated carbocycles. The Labute approximate surface area is 223 Å². The van der Waals surface area contributed by atoms with E-state index >= 15 is 0 Å². The van der Waals surface area contributed by atoms with Gasteiger partial charge in [0.25, 0.3) is 17.2 Å². The summed E-state index contributed by atoms with van der Waals surface area (Å²) in [7, 11) is 4.58. The lowest BCUT2D eigenvalue weighted by Crippen LogP contribution is -2.13. The number of hydrogen-bond donors (Lipinski definition) is 2. The number of anilines is 1. The summed E-state index contributed by atoms with van der Waals surface area (Å²) in [6.07, 6.45) is 0. The van der Waals surface area contributed by atoms with Crippen molar-refractivity contribution in [2.45, 2.75) is 10.9 Å². The second-order valence-electron chi connectivity index (χ2n) is 7.92. The quantitative estimate of drug-likeness (QED) is 0.166. The highest BCUT2D eigenvalue weighted by atomic mass is 32.2. The summed E-state index contributed by atoms with van der Waals surface area (Å²) in [4.78, 5) is 36.1. The molecule has 38 heavy (non-hydrogen) atoms. The number of rotatable bonds is 9. The summed E-state index contributed by atoms with van der Waals surface area (Å²) in [6.45, 7) is 7.45. The van der Waals surface area contributed by atoms with Gasteiger partial charge in [0.05, 0.1) is 39.2 Å². The number of ether oxygens (including phenoxy) is 3. The number of benzene rings is 3. The molecular weight excluding hydrogens is 504 g/mol. The molecule has 10 heteroatoms. The molecule has 0 radical (unpaired) electrons. The largest absolute Gasteiger partial charge is 0.497 e. The van der Waals surface area contributed by atoms with Crippen LogP contribution in [0.1, 0.15) is 15.9 Å². The van der Waals surface area contributed by atoms with E-state index in [1.54, 1.807) is 62.8 Å². The van der Waals surface area contributed by atoms with Gasteiger partial charge in [0.15, 0.2) is 5.16 Å². The summed E-state index contributed by atoms with van der Waals surface area (Å²) >= 11 is 1.31. The van der Waals surface area contributed by atoms with Gasteiger partial charge in [-0.15, -0.1) is 0 Å². The molecule has 0 aliphatic heterocycles. The van der Waals surface area contributed by atoms with Gasteiger partial charge in [0, 0.05) is 17.5 Å². The number of nitrogens with one attached hydrogen (secondary N) is 2. The van der Waals surface area contributed by atoms with E-state index in [9.17, 15) is 9.59 Å². The number of carbonyl (C=O) groups is 1. The van der Waals surface area contributed by atoms with Crippen LogP contribution < -0.4 is 25.1 Å². The first-order valence-electron chi connectivity index (χ1n) is 11.4. The van der Waals surface area contributed by atoms with Gasteiger partial charge in [0.1, 0.15) is 17.2 Å². The molecule has 0 aliphatic rings. The first-order valence-corrected chi connectivity index (χ1v) is 12.4. The van der Waals surface area contributed by atoms with Gasteiger partial charge in [-0.2, -0.15) is 0 Å². The van der Waals surface area contributed by atoms with Gasteiger partial charge in [-0.05, 0) is 47.5 Å². The van der Waals surface area contributed by atoms with Gasteiger partial charge in [-0.3, -0.25) is 9.59 Å². The number of thioether (sulfide) groups is 1. The molecule has 0 saturated heterocycles. The highest BCUT2D eigenvalue weighted by Crippen LogP contribution is 2.31. The van der Waals surface area contributed by atoms with Crippen LogP contribution in [0.4, 0.5) is 11.4 Å². The zero-order valence-corrected chi connectivity index (χ0v) is 21.7. The molecule has 9 nitrogen and oxygen atoms in total. The Bertz CT molecular complexity index is 1580. The third-order valence-corrected chi connectivity index (χ3v) is 6.49. The summed E-state index contributed by atoms with van der Waals surface area (Å²) in [5, 5.41) is 3.26. The van der Waals surface area contributed by atoms with Crippen molar-refractivity contribution in [2.75, 3.05) is 26.6 Å². The smallest absolute Gasteiger partial charge is 0.276 e. The Hall–Kier alpha value is -4.75. The molecule has 4 aromatic rings. The summed E-state index contributed by atoms with van der Waals surface area (Å²) in [5.74, 6) is 1.73. The lowest BCUT2D eigenvalue weighted by molar-refractivity contribution is 0.102. The zero-order valence-electron chi connectivity index (χ0n) is 20.9. The molecule has 1 heterocycles. The van der Waals surface area contributed by atoms with Crippen LogP contribution in [0.5, 0.6) is 17.2 Å². The minimum absolute atomic E-state index is 0.0822. The number of aromatic nitrogens is 2. The number of aromatic amines is 1. The Kier molecular flexibility index (Phi) is 8.30. The highest BCUT2D eigenvalue weighted by Gasteiger charge is 2.16. The van der Waals surface area contributed by atoms with Crippen molar-refractivity contribution in [2.24, 2.45) is 0 Å². The summed E-state index contributed by atoms with van der Waals surface area (Å²) in [5.41, 5.74) is 2.19. The van der Waals surface area contributed by atoms with Crippen LogP contribution in [0.15, 0.2) is 76.7 Å². The number of methoxy groups -OCH3 is 3. The normalized spacial score (nSPS) is 10.4. The van der Waals surface area contributed by atoms with Gasteiger partial charge in [0.2, 0.25) is 0 Å². The SMILES string of the molecule is [C-]#[N+]c1c(-c2cccc(OC)c2)nc(SCc2cccc(NC(=O)c3ccc(OC)cc3OC)c2)[nH]c1=O. The topological polar surface area (TPSA) is 107 Å². The van der Waals surface area contributed by atoms with Crippen molar-refractivity contribution in [3.05, 3.63) is 99.6 Å². The minimum atomic E-state index is -0.509. The van der Waals surface area contributed by atoms with E-state index in [0.29, 0.717) is 50.7 Å². The second-order valence-corrected chi connectivity index (χ2v) is 8.89. The second kappa shape index (κ2) is 12.0. The van der Waals surface area contributed by atoms with Gasteiger partial charge in [-0.25, -0.2) is 9.83 Å². The number of amides is 1. The Morgan fingerprint density at radius 3 is 2.50 bits per heavy atom. The third kappa shape index (κ3) is 5.96. The van der Waals surface area contributed by atoms with Crippen molar-refractivity contribution in [3.8, 4) is 28.5 Å². The van der Waals surface area contributed by atoms with Crippen LogP contribution in [0.3, 0.4) is 0 Å². The van der Waals surface area contributed by atoms with Crippen LogP contribution in [-0.2, 0) is 5.75 Å². The molecule has 4 rings (SSSR count). The first-order chi connectivity index (χ1) is 18.4. The van der Waals surface area contributed by atoms with Crippen LogP contribution in [0.25, 0.3) is 16.1 Å². The molecule has 0 fully saturated rings. The van der Waals surface area contributed by atoms with E-state index in [-0.39, 0.29) is 11.6 Å². The maximum Gasteiger partial charge on any atom is 0.276 e. The van der Waals surface area contributed by atoms with Crippen LogP contribution in [0, 0.1) is 6.57 Å². The predicted octanol–water partition coefficient (Wildman–Crippen LogP) is 5.56. The standard InChI is InChI=1S/C28H24N4O5S/c1-29-25-24(18-8-6-10-20(14-18)35-2)31-28(32-27(25)34)38-16-17-7-5-9-19(13-17)30-26(33)22-12-11-21(36-3)15-23(22)37-4/h5-15H,16H2,2-4H3,(H,30,33)(H,31,32,34). The van der Waals surface area contributed by atoms with E-state index in [4.69, 9.17) is 20.8 Å². The lowest BCUT2D eigenvalue weighted by atomic mass is 10.1. The summed E-state index contributed by atoms with van der Waals surface area (Å²) < 4.78 is 15.8. The van der Waals surface area contributed by atoms with E-state index in [0.717, 1.165) is 5.56 Å². The highest BCUT2D eigenvalue weighted by molar-refractivity contribution is 7.98. The van der Waals surface area contributed by atoms with Crippen molar-refractivity contribution in [3.63, 3.8) is 0 Å². The van der Waals surface area contributed by atoms with E-state index < -0.39 is 5.56 Å². The Balaban J connectivity index is 1.52. The molecule has 0 unspecified atom stereocenters. The van der Waals surface area contributed by atoms with E-state index in [1.165, 1.54) is 18.9 Å². The fraction of sp³-hybridized carbons (Fsp3) is 0.143. The number of hydrogen-bond acceptors (Lipinski definition) is 7. The Morgan fingerprint density at radius 1 is 1.00 bits per heavy atom. The van der Waals surface area contributed by atoms with Gasteiger partial charge in [-0.1, -0.05) is 36.0 Å². The number of nitrogens with zero attached hydrogens (tertiary/aromatic N) is 2. The molecular formula is C28H24N4O5S. The first kappa shape index (κ1) is 26.3. The number of carbonyl (C=O) groups excluding carboxylic acids is 1. The molecule has 1 amide bonds. The van der Waals surface area contributed by atoms with Crippen LogP contribution in [-0.4, -0.2) is 37.2 Å². The average molecular weight is 529 g/mol. The zero-order chi connectivity index (χ0) is 27.1. The molecule has 0 atom stereocenters. The maximum atomic E-state index is 12.9. The predicted molar refractivity (Wildman–Crippen MR) is 147 cm³/mol. The molecule has 0 spiro atoms.